The Balaban J connectivity index is 0.00000289. The molecule has 0 aliphatic rings. The van der Waals surface area contributed by atoms with Gasteiger partial charge in [0, 0.05) is 12.4 Å². The van der Waals surface area contributed by atoms with Gasteiger partial charge >= 0.3 is 0 Å². The molecule has 0 saturated heterocycles. The van der Waals surface area contributed by atoms with Gasteiger partial charge in [0.1, 0.15) is 5.69 Å². The zero-order chi connectivity index (χ0) is 13.0. The lowest BCUT2D eigenvalue weighted by Crippen LogP contribution is -2.10. The maximum absolute atomic E-state index is 11.1. The number of halogens is 2. The van der Waals surface area contributed by atoms with Crippen LogP contribution in [0, 0.1) is 24.0 Å². The molecule has 0 radical (unpaired) electrons. The lowest BCUT2D eigenvalue weighted by Gasteiger charge is -2.14. The molecule has 0 bridgehead atoms. The van der Waals surface area contributed by atoms with Crippen molar-refractivity contribution >= 4 is 35.4 Å². The zero-order valence-electron chi connectivity index (χ0n) is 10.6. The van der Waals surface area contributed by atoms with E-state index in [4.69, 9.17) is 11.6 Å². The summed E-state index contributed by atoms with van der Waals surface area (Å²) < 4.78 is 0. The van der Waals surface area contributed by atoms with Crippen LogP contribution in [0.15, 0.2) is 0 Å². The fraction of sp³-hybridized carbons (Fsp3) is 0.545. The standard InChI is InChI=1S/C11H16ClN3O2.ClH/c1-4-13-10-7(2)14-8(3)11(15(16)17)9(10)5-6-12;/h13H,4-6H2,1-3H3;1H. The molecule has 7 heteroatoms. The highest BCUT2D eigenvalue weighted by Gasteiger charge is 2.23. The Bertz CT molecular complexity index is 439. The lowest BCUT2D eigenvalue weighted by molar-refractivity contribution is -0.386. The number of rotatable bonds is 5. The molecular weight excluding hydrogens is 277 g/mol. The van der Waals surface area contributed by atoms with Gasteiger partial charge < -0.3 is 5.32 Å². The SMILES string of the molecule is CCNc1c(C)nc(C)c([N+](=O)[O-])c1CCCl.Cl. The zero-order valence-corrected chi connectivity index (χ0v) is 12.2. The highest BCUT2D eigenvalue weighted by molar-refractivity contribution is 6.18. The van der Waals surface area contributed by atoms with E-state index in [1.165, 1.54) is 0 Å². The van der Waals surface area contributed by atoms with E-state index in [1.807, 2.05) is 13.8 Å². The first-order valence-electron chi connectivity index (χ1n) is 5.47. The maximum atomic E-state index is 11.1. The van der Waals surface area contributed by atoms with Crippen molar-refractivity contribution in [2.45, 2.75) is 27.2 Å². The number of nitrogens with zero attached hydrogens (tertiary/aromatic N) is 2. The molecule has 0 aromatic carbocycles. The molecule has 0 saturated carbocycles. The minimum atomic E-state index is -0.384. The highest BCUT2D eigenvalue weighted by Crippen LogP contribution is 2.31. The molecule has 0 aliphatic heterocycles. The number of hydrogen-bond donors (Lipinski definition) is 1. The predicted molar refractivity (Wildman–Crippen MR) is 76.2 cm³/mol. The first-order chi connectivity index (χ1) is 8.02. The van der Waals surface area contributed by atoms with Crippen LogP contribution < -0.4 is 5.32 Å². The van der Waals surface area contributed by atoms with Crippen molar-refractivity contribution in [1.82, 2.24) is 4.98 Å². The van der Waals surface area contributed by atoms with Crippen LogP contribution >= 0.6 is 24.0 Å². The van der Waals surface area contributed by atoms with Gasteiger partial charge in [-0.1, -0.05) is 0 Å². The second-order valence-corrected chi connectivity index (χ2v) is 4.09. The molecule has 0 aliphatic carbocycles. The third-order valence-corrected chi connectivity index (χ3v) is 2.70. The molecule has 1 rings (SSSR count). The van der Waals surface area contributed by atoms with Crippen molar-refractivity contribution < 1.29 is 4.92 Å². The van der Waals surface area contributed by atoms with Crippen molar-refractivity contribution in [1.29, 1.82) is 0 Å². The number of aryl methyl sites for hydroxylation is 2. The summed E-state index contributed by atoms with van der Waals surface area (Å²) in [6.45, 7) is 6.12. The van der Waals surface area contributed by atoms with Crippen LogP contribution in [-0.4, -0.2) is 22.3 Å². The summed E-state index contributed by atoms with van der Waals surface area (Å²) in [5.74, 6) is 0.349. The maximum Gasteiger partial charge on any atom is 0.295 e. The smallest absolute Gasteiger partial charge is 0.295 e. The van der Waals surface area contributed by atoms with Crippen LogP contribution in [0.5, 0.6) is 0 Å². The van der Waals surface area contributed by atoms with Gasteiger partial charge in [0.2, 0.25) is 0 Å². The van der Waals surface area contributed by atoms with Gasteiger partial charge in [0.25, 0.3) is 5.69 Å². The average molecular weight is 294 g/mol. The van der Waals surface area contributed by atoms with Gasteiger partial charge in [0.15, 0.2) is 0 Å². The van der Waals surface area contributed by atoms with Crippen LogP contribution in [0.25, 0.3) is 0 Å². The van der Waals surface area contributed by atoms with Crippen molar-refractivity contribution in [3.05, 3.63) is 27.1 Å². The van der Waals surface area contributed by atoms with E-state index in [0.717, 1.165) is 11.4 Å². The van der Waals surface area contributed by atoms with Crippen LogP contribution in [0.1, 0.15) is 23.9 Å². The first kappa shape index (κ1) is 16.9. The quantitative estimate of drug-likeness (QED) is 0.514. The van der Waals surface area contributed by atoms with Crippen molar-refractivity contribution in [3.63, 3.8) is 0 Å². The number of hydrogen-bond acceptors (Lipinski definition) is 4. The van der Waals surface area contributed by atoms with E-state index in [-0.39, 0.29) is 23.0 Å². The van der Waals surface area contributed by atoms with Crippen LogP contribution in [0.4, 0.5) is 11.4 Å². The second kappa shape index (κ2) is 7.38. The third kappa shape index (κ3) is 3.46. The number of aromatic nitrogens is 1. The van der Waals surface area contributed by atoms with Gasteiger partial charge in [-0.2, -0.15) is 0 Å². The van der Waals surface area contributed by atoms with E-state index in [0.29, 0.717) is 30.1 Å². The molecule has 1 aromatic rings. The molecule has 1 heterocycles. The van der Waals surface area contributed by atoms with Crippen molar-refractivity contribution in [2.75, 3.05) is 17.7 Å². The molecule has 0 amide bonds. The highest BCUT2D eigenvalue weighted by atomic mass is 35.5. The van der Waals surface area contributed by atoms with Crippen LogP contribution in [0.2, 0.25) is 0 Å². The molecule has 1 aromatic heterocycles. The molecule has 0 spiro atoms. The number of nitrogens with one attached hydrogen (secondary N) is 1. The topological polar surface area (TPSA) is 68.1 Å². The Morgan fingerprint density at radius 2 is 2.00 bits per heavy atom. The molecule has 18 heavy (non-hydrogen) atoms. The molecule has 5 nitrogen and oxygen atoms in total. The number of pyridine rings is 1. The Hall–Kier alpha value is -1.07. The minimum absolute atomic E-state index is 0. The molecule has 0 atom stereocenters. The fourth-order valence-electron chi connectivity index (χ4n) is 1.91. The summed E-state index contributed by atoms with van der Waals surface area (Å²) >= 11 is 5.72. The summed E-state index contributed by atoms with van der Waals surface area (Å²) in [4.78, 5) is 14.9. The Morgan fingerprint density at radius 3 is 2.44 bits per heavy atom. The summed E-state index contributed by atoms with van der Waals surface area (Å²) in [7, 11) is 0. The van der Waals surface area contributed by atoms with Gasteiger partial charge in [-0.3, -0.25) is 10.1 Å². The minimum Gasteiger partial charge on any atom is -0.383 e. The Labute approximate surface area is 117 Å². The van der Waals surface area contributed by atoms with E-state index in [9.17, 15) is 10.1 Å². The van der Waals surface area contributed by atoms with Gasteiger partial charge in [-0.15, -0.1) is 24.0 Å². The summed E-state index contributed by atoms with van der Waals surface area (Å²) in [5, 5.41) is 14.2. The van der Waals surface area contributed by atoms with E-state index in [1.54, 1.807) is 6.92 Å². The molecule has 0 fully saturated rings. The van der Waals surface area contributed by atoms with Gasteiger partial charge in [-0.25, -0.2) is 4.98 Å². The van der Waals surface area contributed by atoms with E-state index in [2.05, 4.69) is 10.3 Å². The Morgan fingerprint density at radius 1 is 1.39 bits per heavy atom. The number of nitro groups is 1. The molecule has 1 N–H and O–H groups in total. The summed E-state index contributed by atoms with van der Waals surface area (Å²) in [6.07, 6.45) is 0.463. The second-order valence-electron chi connectivity index (χ2n) is 3.71. The molecule has 0 unspecified atom stereocenters. The average Bonchev–Trinajstić information content (AvgIpc) is 2.23. The van der Waals surface area contributed by atoms with Gasteiger partial charge in [-0.05, 0) is 27.2 Å². The Kier molecular flexibility index (Phi) is 6.94. The fourth-order valence-corrected chi connectivity index (χ4v) is 2.10. The number of anilines is 1. The van der Waals surface area contributed by atoms with E-state index >= 15 is 0 Å². The summed E-state index contributed by atoms with van der Waals surface area (Å²) in [5.41, 5.74) is 2.68. The normalized spacial score (nSPS) is 9.78. The number of alkyl halides is 1. The third-order valence-electron chi connectivity index (χ3n) is 2.51. The summed E-state index contributed by atoms with van der Waals surface area (Å²) in [6, 6.07) is 0. The molecular formula is C11H17Cl2N3O2. The van der Waals surface area contributed by atoms with E-state index < -0.39 is 0 Å². The van der Waals surface area contributed by atoms with Crippen molar-refractivity contribution in [3.8, 4) is 0 Å². The van der Waals surface area contributed by atoms with Gasteiger partial charge in [0.05, 0.1) is 21.9 Å². The lowest BCUT2D eigenvalue weighted by atomic mass is 10.1. The first-order valence-corrected chi connectivity index (χ1v) is 6.00. The predicted octanol–water partition coefficient (Wildman–Crippen LogP) is 3.24. The monoisotopic (exact) mass is 293 g/mol. The van der Waals surface area contributed by atoms with Crippen LogP contribution in [0.3, 0.4) is 0 Å². The molecule has 102 valence electrons. The largest absolute Gasteiger partial charge is 0.383 e. The van der Waals surface area contributed by atoms with Crippen LogP contribution in [-0.2, 0) is 6.42 Å². The van der Waals surface area contributed by atoms with Crippen molar-refractivity contribution in [2.24, 2.45) is 0 Å².